The van der Waals surface area contributed by atoms with Crippen molar-refractivity contribution in [3.63, 3.8) is 0 Å². The van der Waals surface area contributed by atoms with E-state index in [9.17, 15) is 4.79 Å². The lowest BCUT2D eigenvalue weighted by atomic mass is 9.97. The number of carbonyl (C=O) groups is 1. The predicted molar refractivity (Wildman–Crippen MR) is 65.5 cm³/mol. The van der Waals surface area contributed by atoms with Crippen LogP contribution >= 0.6 is 11.6 Å². The summed E-state index contributed by atoms with van der Waals surface area (Å²) in [6, 6.07) is 0. The second-order valence-corrected chi connectivity index (χ2v) is 5.32. The van der Waals surface area contributed by atoms with E-state index in [0.29, 0.717) is 11.8 Å². The molecule has 0 radical (unpaired) electrons. The van der Waals surface area contributed by atoms with Crippen molar-refractivity contribution in [3.05, 3.63) is 11.7 Å². The van der Waals surface area contributed by atoms with Crippen molar-refractivity contribution in [2.45, 2.75) is 37.5 Å². The van der Waals surface area contributed by atoms with Crippen molar-refractivity contribution in [1.82, 2.24) is 15.0 Å². The molecule has 0 aromatic carbocycles. The number of alkyl halides is 1. The summed E-state index contributed by atoms with van der Waals surface area (Å²) < 4.78 is 5.34. The number of carbonyl (C=O) groups excluding carboxylic acids is 1. The number of nitrogens with zero attached hydrogens (tertiary/aromatic N) is 3. The molecule has 0 N–H and O–H groups in total. The lowest BCUT2D eigenvalue weighted by Gasteiger charge is -2.29. The molecule has 1 aliphatic heterocycles. The van der Waals surface area contributed by atoms with Crippen LogP contribution in [0.1, 0.15) is 49.2 Å². The minimum atomic E-state index is 0.0133. The molecule has 3 rings (SSSR count). The van der Waals surface area contributed by atoms with Crippen LogP contribution in [0.2, 0.25) is 0 Å². The third-order valence-corrected chi connectivity index (χ3v) is 3.94. The van der Waals surface area contributed by atoms with Crippen molar-refractivity contribution in [2.75, 3.05) is 19.0 Å². The number of piperidine rings is 1. The fourth-order valence-corrected chi connectivity index (χ4v) is 2.55. The summed E-state index contributed by atoms with van der Waals surface area (Å²) in [6.07, 6.45) is 4.13. The molecule has 6 heteroatoms. The molecule has 1 aromatic heterocycles. The first kappa shape index (κ1) is 12.0. The van der Waals surface area contributed by atoms with Crippen molar-refractivity contribution in [2.24, 2.45) is 0 Å². The van der Waals surface area contributed by atoms with Gasteiger partial charge in [-0.15, -0.1) is 11.6 Å². The Morgan fingerprint density at radius 1 is 1.28 bits per heavy atom. The van der Waals surface area contributed by atoms with Gasteiger partial charge in [0.2, 0.25) is 11.8 Å². The van der Waals surface area contributed by atoms with Gasteiger partial charge in [0, 0.05) is 24.9 Å². The summed E-state index contributed by atoms with van der Waals surface area (Å²) >= 11 is 5.55. The Hall–Kier alpha value is -1.10. The zero-order valence-electron chi connectivity index (χ0n) is 10.1. The van der Waals surface area contributed by atoms with Gasteiger partial charge in [-0.2, -0.15) is 4.98 Å². The summed E-state index contributed by atoms with van der Waals surface area (Å²) in [6.45, 7) is 1.47. The molecule has 18 heavy (non-hydrogen) atoms. The standard InChI is InChI=1S/C12H16ClN3O2/c13-7-10(17)16-5-3-9(4-6-16)12-14-11(15-18-12)8-1-2-8/h8-9H,1-7H2. The molecule has 1 saturated heterocycles. The summed E-state index contributed by atoms with van der Waals surface area (Å²) in [7, 11) is 0. The van der Waals surface area contributed by atoms with Crippen molar-refractivity contribution >= 4 is 17.5 Å². The minimum Gasteiger partial charge on any atom is -0.342 e. The highest BCUT2D eigenvalue weighted by Crippen LogP contribution is 2.39. The van der Waals surface area contributed by atoms with Crippen molar-refractivity contribution < 1.29 is 9.32 Å². The number of likely N-dealkylation sites (tertiary alicyclic amines) is 1. The molecule has 1 saturated carbocycles. The average Bonchev–Trinajstić information content (AvgIpc) is 3.16. The highest BCUT2D eigenvalue weighted by Gasteiger charge is 2.31. The van der Waals surface area contributed by atoms with E-state index in [4.69, 9.17) is 16.1 Å². The molecule has 98 valence electrons. The van der Waals surface area contributed by atoms with Gasteiger partial charge < -0.3 is 9.42 Å². The SMILES string of the molecule is O=C(CCl)N1CCC(c2nc(C3CC3)no2)CC1. The number of aromatic nitrogens is 2. The van der Waals surface area contributed by atoms with E-state index in [0.717, 1.165) is 37.6 Å². The van der Waals surface area contributed by atoms with Gasteiger partial charge in [-0.1, -0.05) is 5.16 Å². The van der Waals surface area contributed by atoms with E-state index >= 15 is 0 Å². The normalized spacial score (nSPS) is 21.3. The second-order valence-electron chi connectivity index (χ2n) is 5.05. The first-order chi connectivity index (χ1) is 8.78. The van der Waals surface area contributed by atoms with Gasteiger partial charge in [-0.05, 0) is 25.7 Å². The minimum absolute atomic E-state index is 0.0133. The van der Waals surface area contributed by atoms with Gasteiger partial charge in [0.05, 0.1) is 0 Å². The van der Waals surface area contributed by atoms with Gasteiger partial charge >= 0.3 is 0 Å². The number of hydrogen-bond donors (Lipinski definition) is 0. The summed E-state index contributed by atoms with van der Waals surface area (Å²) in [5.41, 5.74) is 0. The summed E-state index contributed by atoms with van der Waals surface area (Å²) in [5.74, 6) is 2.51. The fourth-order valence-electron chi connectivity index (χ4n) is 2.38. The molecule has 5 nitrogen and oxygen atoms in total. The molecule has 2 heterocycles. The molecule has 0 unspecified atom stereocenters. The van der Waals surface area contributed by atoms with E-state index < -0.39 is 0 Å². The van der Waals surface area contributed by atoms with E-state index in [1.807, 2.05) is 4.90 Å². The summed E-state index contributed by atoms with van der Waals surface area (Å²) in [4.78, 5) is 17.7. The molecular formula is C12H16ClN3O2. The Kier molecular flexibility index (Phi) is 3.24. The van der Waals surface area contributed by atoms with Crippen LogP contribution < -0.4 is 0 Å². The van der Waals surface area contributed by atoms with Gasteiger partial charge in [0.1, 0.15) is 5.88 Å². The molecule has 2 aliphatic rings. The van der Waals surface area contributed by atoms with Crippen LogP contribution in [0, 0.1) is 0 Å². The van der Waals surface area contributed by atoms with E-state index in [1.165, 1.54) is 12.8 Å². The number of hydrogen-bond acceptors (Lipinski definition) is 4. The Morgan fingerprint density at radius 3 is 2.61 bits per heavy atom. The summed E-state index contributed by atoms with van der Waals surface area (Å²) in [5, 5.41) is 4.04. The fraction of sp³-hybridized carbons (Fsp3) is 0.750. The van der Waals surface area contributed by atoms with Crippen LogP contribution in [0.15, 0.2) is 4.52 Å². The Labute approximate surface area is 110 Å². The number of halogens is 1. The van der Waals surface area contributed by atoms with Crippen LogP contribution in [0.5, 0.6) is 0 Å². The van der Waals surface area contributed by atoms with Crippen LogP contribution in [-0.4, -0.2) is 39.9 Å². The molecule has 0 spiro atoms. The lowest BCUT2D eigenvalue weighted by Crippen LogP contribution is -2.38. The molecule has 0 bridgehead atoms. The van der Waals surface area contributed by atoms with Crippen LogP contribution in [0.25, 0.3) is 0 Å². The molecule has 2 fully saturated rings. The maximum absolute atomic E-state index is 11.5. The smallest absolute Gasteiger partial charge is 0.237 e. The molecule has 1 amide bonds. The first-order valence-corrected chi connectivity index (χ1v) is 6.98. The number of amides is 1. The second kappa shape index (κ2) is 4.88. The topological polar surface area (TPSA) is 59.2 Å². The average molecular weight is 270 g/mol. The molecular weight excluding hydrogens is 254 g/mol. The zero-order valence-corrected chi connectivity index (χ0v) is 10.9. The van der Waals surface area contributed by atoms with Gasteiger partial charge in [-0.25, -0.2) is 0 Å². The first-order valence-electron chi connectivity index (χ1n) is 6.45. The lowest BCUT2D eigenvalue weighted by molar-refractivity contribution is -0.129. The van der Waals surface area contributed by atoms with Crippen molar-refractivity contribution in [1.29, 1.82) is 0 Å². The maximum Gasteiger partial charge on any atom is 0.237 e. The monoisotopic (exact) mass is 269 g/mol. The highest BCUT2D eigenvalue weighted by molar-refractivity contribution is 6.27. The largest absolute Gasteiger partial charge is 0.342 e. The zero-order chi connectivity index (χ0) is 12.5. The van der Waals surface area contributed by atoms with E-state index in [1.54, 1.807) is 0 Å². The van der Waals surface area contributed by atoms with Crippen LogP contribution in [0.4, 0.5) is 0 Å². The maximum atomic E-state index is 11.5. The third-order valence-electron chi connectivity index (χ3n) is 3.71. The Morgan fingerprint density at radius 2 is 2.00 bits per heavy atom. The van der Waals surface area contributed by atoms with Gasteiger partial charge in [0.25, 0.3) is 0 Å². The van der Waals surface area contributed by atoms with E-state index in [-0.39, 0.29) is 11.8 Å². The number of rotatable bonds is 3. The van der Waals surface area contributed by atoms with Crippen LogP contribution in [-0.2, 0) is 4.79 Å². The van der Waals surface area contributed by atoms with E-state index in [2.05, 4.69) is 10.1 Å². The Balaban J connectivity index is 1.59. The molecule has 1 aliphatic carbocycles. The van der Waals surface area contributed by atoms with Gasteiger partial charge in [0.15, 0.2) is 5.82 Å². The van der Waals surface area contributed by atoms with Crippen LogP contribution in [0.3, 0.4) is 0 Å². The quantitative estimate of drug-likeness (QED) is 0.787. The highest BCUT2D eigenvalue weighted by atomic mass is 35.5. The van der Waals surface area contributed by atoms with Gasteiger partial charge in [-0.3, -0.25) is 4.79 Å². The third kappa shape index (κ3) is 2.36. The Bertz CT molecular complexity index is 436. The predicted octanol–water partition coefficient (Wildman–Crippen LogP) is 1.89. The molecule has 1 aromatic rings. The molecule has 0 atom stereocenters. The van der Waals surface area contributed by atoms with Crippen molar-refractivity contribution in [3.8, 4) is 0 Å².